The molecular weight excluding hydrogens is 329 g/mol. The van der Waals surface area contributed by atoms with Crippen LogP contribution >= 0.6 is 35.0 Å². The number of alkyl halides is 1. The third-order valence-electron chi connectivity index (χ3n) is 2.96. The molecule has 1 unspecified atom stereocenters. The molecule has 6 heteroatoms. The van der Waals surface area contributed by atoms with Gasteiger partial charge in [-0.2, -0.15) is 0 Å². The van der Waals surface area contributed by atoms with Gasteiger partial charge in [0.25, 0.3) is 0 Å². The number of thioether (sulfide) groups is 1. The van der Waals surface area contributed by atoms with Crippen LogP contribution in [0.15, 0.2) is 23.4 Å². The molecule has 116 valence electrons. The summed E-state index contributed by atoms with van der Waals surface area (Å²) < 4.78 is 5.81. The first kappa shape index (κ1) is 16.8. The maximum atomic E-state index is 6.08. The molecule has 21 heavy (non-hydrogen) atoms. The van der Waals surface area contributed by atoms with Gasteiger partial charge in [0.2, 0.25) is 0 Å². The van der Waals surface area contributed by atoms with Crippen LogP contribution in [0.1, 0.15) is 32.8 Å². The molecule has 0 spiro atoms. The molecule has 0 radical (unpaired) electrons. The molecule has 0 bridgehead atoms. The highest BCUT2D eigenvalue weighted by Gasteiger charge is 2.33. The molecule has 0 N–H and O–H groups in total. The fourth-order valence-corrected chi connectivity index (χ4v) is 3.27. The van der Waals surface area contributed by atoms with Crippen LogP contribution in [-0.4, -0.2) is 22.6 Å². The molecule has 1 heterocycles. The Morgan fingerprint density at radius 3 is 2.86 bits per heavy atom. The van der Waals surface area contributed by atoms with Gasteiger partial charge in [0.15, 0.2) is 5.60 Å². The van der Waals surface area contributed by atoms with Gasteiger partial charge >= 0.3 is 0 Å². The molecule has 3 nitrogen and oxygen atoms in total. The van der Waals surface area contributed by atoms with E-state index in [9.17, 15) is 0 Å². The van der Waals surface area contributed by atoms with E-state index in [4.69, 9.17) is 32.8 Å². The van der Waals surface area contributed by atoms with Crippen LogP contribution in [-0.2, 0) is 10.6 Å². The highest BCUT2D eigenvalue weighted by atomic mass is 35.5. The summed E-state index contributed by atoms with van der Waals surface area (Å²) in [6, 6.07) is 5.69. The van der Waals surface area contributed by atoms with Crippen LogP contribution in [0.5, 0.6) is 5.75 Å². The number of oxime groups is 1. The maximum Gasteiger partial charge on any atom is 0.154 e. The van der Waals surface area contributed by atoms with Crippen LogP contribution in [0.25, 0.3) is 0 Å². The van der Waals surface area contributed by atoms with Crippen LogP contribution in [0.3, 0.4) is 0 Å². The molecule has 1 aromatic carbocycles. The van der Waals surface area contributed by atoms with Crippen molar-refractivity contribution in [2.75, 3.05) is 5.88 Å². The Bertz CT molecular complexity index is 536. The zero-order valence-electron chi connectivity index (χ0n) is 12.4. The summed E-state index contributed by atoms with van der Waals surface area (Å²) in [5.41, 5.74) is 0.679. The summed E-state index contributed by atoms with van der Waals surface area (Å²) >= 11 is 13.6. The van der Waals surface area contributed by atoms with E-state index < -0.39 is 0 Å². The van der Waals surface area contributed by atoms with Gasteiger partial charge in [0.05, 0.1) is 12.0 Å². The van der Waals surface area contributed by atoms with E-state index in [0.29, 0.717) is 10.9 Å². The summed E-state index contributed by atoms with van der Waals surface area (Å²) in [7, 11) is 0. The lowest BCUT2D eigenvalue weighted by Crippen LogP contribution is -2.26. The SMILES string of the molecule is CC(C)Oc1ccc(Cl)cc1CSC1=NOC(C)(CCl)C1. The maximum absolute atomic E-state index is 6.08. The summed E-state index contributed by atoms with van der Waals surface area (Å²) in [4.78, 5) is 5.39. The van der Waals surface area contributed by atoms with Crippen molar-refractivity contribution >= 4 is 40.0 Å². The van der Waals surface area contributed by atoms with E-state index in [-0.39, 0.29) is 11.7 Å². The topological polar surface area (TPSA) is 30.8 Å². The quantitative estimate of drug-likeness (QED) is 0.695. The number of hydrogen-bond acceptors (Lipinski definition) is 4. The normalized spacial score (nSPS) is 21.3. The second-order valence-electron chi connectivity index (χ2n) is 5.54. The fraction of sp³-hybridized carbons (Fsp3) is 0.533. The van der Waals surface area contributed by atoms with Crippen LogP contribution in [0, 0.1) is 0 Å². The highest BCUT2D eigenvalue weighted by molar-refractivity contribution is 8.13. The van der Waals surface area contributed by atoms with Crippen molar-refractivity contribution < 1.29 is 9.57 Å². The van der Waals surface area contributed by atoms with Crippen molar-refractivity contribution in [3.8, 4) is 5.75 Å². The first-order chi connectivity index (χ1) is 9.92. The molecule has 0 fully saturated rings. The Balaban J connectivity index is 2.01. The summed E-state index contributed by atoms with van der Waals surface area (Å²) in [5, 5.41) is 5.77. The lowest BCUT2D eigenvalue weighted by molar-refractivity contribution is 0.0152. The summed E-state index contributed by atoms with van der Waals surface area (Å²) in [6.45, 7) is 5.97. The lowest BCUT2D eigenvalue weighted by Gasteiger charge is -2.17. The first-order valence-corrected chi connectivity index (χ1v) is 8.70. The summed E-state index contributed by atoms with van der Waals surface area (Å²) in [6.07, 6.45) is 0.865. The number of halogens is 2. The number of ether oxygens (including phenoxy) is 1. The molecule has 1 aliphatic rings. The number of rotatable bonds is 5. The molecular formula is C15H19Cl2NO2S. The van der Waals surface area contributed by atoms with E-state index in [0.717, 1.165) is 28.5 Å². The highest BCUT2D eigenvalue weighted by Crippen LogP contribution is 2.33. The van der Waals surface area contributed by atoms with Gasteiger partial charge < -0.3 is 9.57 Å². The van der Waals surface area contributed by atoms with Gasteiger partial charge in [-0.1, -0.05) is 16.8 Å². The second kappa shape index (κ2) is 7.12. The number of nitrogens with zero attached hydrogens (tertiary/aromatic N) is 1. The molecule has 0 saturated carbocycles. The minimum atomic E-state index is -0.379. The lowest BCUT2D eigenvalue weighted by atomic mass is 10.1. The van der Waals surface area contributed by atoms with Gasteiger partial charge in [-0.3, -0.25) is 0 Å². The predicted octanol–water partition coefficient (Wildman–Crippen LogP) is 5.09. The number of hydrogen-bond donors (Lipinski definition) is 0. The van der Waals surface area contributed by atoms with E-state index in [1.165, 1.54) is 0 Å². The average Bonchev–Trinajstić information content (AvgIpc) is 2.81. The van der Waals surface area contributed by atoms with Crippen LogP contribution in [0.4, 0.5) is 0 Å². The first-order valence-electron chi connectivity index (χ1n) is 6.81. The monoisotopic (exact) mass is 347 g/mol. The molecule has 1 atom stereocenters. The largest absolute Gasteiger partial charge is 0.491 e. The molecule has 2 rings (SSSR count). The predicted molar refractivity (Wildman–Crippen MR) is 90.8 cm³/mol. The zero-order valence-corrected chi connectivity index (χ0v) is 14.7. The molecule has 0 saturated heterocycles. The molecule has 1 aromatic rings. The van der Waals surface area contributed by atoms with Crippen molar-refractivity contribution in [1.29, 1.82) is 0 Å². The minimum absolute atomic E-state index is 0.126. The van der Waals surface area contributed by atoms with Gasteiger partial charge in [-0.15, -0.1) is 23.4 Å². The summed E-state index contributed by atoms with van der Waals surface area (Å²) in [5.74, 6) is 2.03. The van der Waals surface area contributed by atoms with E-state index in [1.807, 2.05) is 39.0 Å². The molecule has 0 aromatic heterocycles. The van der Waals surface area contributed by atoms with Crippen molar-refractivity contribution in [3.63, 3.8) is 0 Å². The Kier molecular flexibility index (Phi) is 5.69. The minimum Gasteiger partial charge on any atom is -0.491 e. The Morgan fingerprint density at radius 2 is 2.24 bits per heavy atom. The van der Waals surface area contributed by atoms with Crippen molar-refractivity contribution in [2.24, 2.45) is 5.16 Å². The molecule has 1 aliphatic heterocycles. The van der Waals surface area contributed by atoms with Crippen molar-refractivity contribution in [1.82, 2.24) is 0 Å². The zero-order chi connectivity index (χ0) is 15.5. The Labute approximate surface area is 140 Å². The van der Waals surface area contributed by atoms with Crippen molar-refractivity contribution in [2.45, 2.75) is 44.6 Å². The smallest absolute Gasteiger partial charge is 0.154 e. The third-order valence-corrected chi connectivity index (χ3v) is 4.76. The van der Waals surface area contributed by atoms with Gasteiger partial charge in [0, 0.05) is 22.8 Å². The van der Waals surface area contributed by atoms with Gasteiger partial charge in [0.1, 0.15) is 10.8 Å². The fourth-order valence-electron chi connectivity index (χ4n) is 1.89. The van der Waals surface area contributed by atoms with E-state index in [2.05, 4.69) is 5.16 Å². The van der Waals surface area contributed by atoms with Gasteiger partial charge in [-0.25, -0.2) is 0 Å². The Hall–Kier alpha value is -0.580. The van der Waals surface area contributed by atoms with E-state index >= 15 is 0 Å². The number of benzene rings is 1. The van der Waals surface area contributed by atoms with Gasteiger partial charge in [-0.05, 0) is 39.0 Å². The van der Waals surface area contributed by atoms with Crippen LogP contribution in [0.2, 0.25) is 5.02 Å². The second-order valence-corrected chi connectivity index (χ2v) is 7.30. The van der Waals surface area contributed by atoms with Crippen molar-refractivity contribution in [3.05, 3.63) is 28.8 Å². The molecule has 0 amide bonds. The van der Waals surface area contributed by atoms with E-state index in [1.54, 1.807) is 11.8 Å². The average molecular weight is 348 g/mol. The standard InChI is InChI=1S/C15H19Cl2NO2S/c1-10(2)19-13-5-4-12(17)6-11(13)8-21-14-7-15(3,9-16)20-18-14/h4-6,10H,7-9H2,1-3H3. The van der Waals surface area contributed by atoms with Crippen LogP contribution < -0.4 is 4.74 Å². The third kappa shape index (κ3) is 4.70. The Morgan fingerprint density at radius 1 is 1.48 bits per heavy atom. The molecule has 0 aliphatic carbocycles.